The predicted octanol–water partition coefficient (Wildman–Crippen LogP) is 0.843. The zero-order valence-electron chi connectivity index (χ0n) is 14.0. The number of carbonyl (C=O) groups is 1. The van der Waals surface area contributed by atoms with Crippen LogP contribution in [0.15, 0.2) is 23.8 Å². The van der Waals surface area contributed by atoms with Crippen molar-refractivity contribution in [2.45, 2.75) is 63.4 Å². The van der Waals surface area contributed by atoms with Gasteiger partial charge in [0.15, 0.2) is 0 Å². The third-order valence-electron chi connectivity index (χ3n) is 5.18. The van der Waals surface area contributed by atoms with Gasteiger partial charge in [-0.3, -0.25) is 4.79 Å². The first-order chi connectivity index (χ1) is 11.3. The minimum Gasteiger partial charge on any atom is -0.481 e. The first-order valence-electron chi connectivity index (χ1n) is 8.62. The Labute approximate surface area is 142 Å². The number of carboxylic acid groups (broad SMARTS) is 1. The molecule has 0 amide bonds. The molecule has 0 aromatic heterocycles. The van der Waals surface area contributed by atoms with Crippen molar-refractivity contribution < 1.29 is 30.3 Å². The fourth-order valence-corrected chi connectivity index (χ4v) is 3.99. The molecule has 0 radical (unpaired) electrons. The van der Waals surface area contributed by atoms with Crippen LogP contribution in [0.3, 0.4) is 0 Å². The van der Waals surface area contributed by atoms with Crippen LogP contribution in [0.1, 0.15) is 39.0 Å². The van der Waals surface area contributed by atoms with Crippen LogP contribution < -0.4 is 0 Å². The van der Waals surface area contributed by atoms with Crippen LogP contribution in [-0.2, 0) is 4.79 Å². The van der Waals surface area contributed by atoms with Crippen molar-refractivity contribution in [1.82, 2.24) is 0 Å². The Morgan fingerprint density at radius 1 is 1.29 bits per heavy atom. The summed E-state index contributed by atoms with van der Waals surface area (Å²) in [6.45, 7) is 2.07. The van der Waals surface area contributed by atoms with Crippen molar-refractivity contribution in [2.24, 2.45) is 17.8 Å². The average molecular weight is 340 g/mol. The van der Waals surface area contributed by atoms with Crippen LogP contribution in [0.4, 0.5) is 0 Å². The number of carboxylic acids is 1. The lowest BCUT2D eigenvalue weighted by Gasteiger charge is -2.41. The zero-order valence-corrected chi connectivity index (χ0v) is 14.0. The van der Waals surface area contributed by atoms with E-state index in [9.17, 15) is 25.2 Å². The summed E-state index contributed by atoms with van der Waals surface area (Å²) in [5.41, 5.74) is 0.949. The van der Waals surface area contributed by atoms with E-state index in [4.69, 9.17) is 5.11 Å². The molecular weight excluding hydrogens is 312 g/mol. The number of hydrogen-bond donors (Lipinski definition) is 5. The normalized spacial score (nSPS) is 35.0. The standard InChI is InChI=1S/C18H28O6/c1-10-2-3-11-6-13(20)8-16(22)18(11)15(10)5-4-12(19)7-14(21)9-17(23)24/h2-3,6,10,12-16,18-22H,4-5,7-9H2,1H3,(H,23,24)/t10-,12-,13+,14-,15-,16+,18-/m0/s1. The number of aliphatic carboxylic acids is 1. The molecule has 0 fully saturated rings. The van der Waals surface area contributed by atoms with Gasteiger partial charge in [0.05, 0.1) is 30.8 Å². The van der Waals surface area contributed by atoms with E-state index >= 15 is 0 Å². The Hall–Kier alpha value is -1.21. The van der Waals surface area contributed by atoms with Gasteiger partial charge in [-0.2, -0.15) is 0 Å². The molecule has 5 N–H and O–H groups in total. The topological polar surface area (TPSA) is 118 Å². The Bertz CT molecular complexity index is 500. The van der Waals surface area contributed by atoms with Crippen molar-refractivity contribution in [1.29, 1.82) is 0 Å². The molecule has 0 aromatic rings. The Morgan fingerprint density at radius 2 is 2.00 bits per heavy atom. The second kappa shape index (κ2) is 8.25. The van der Waals surface area contributed by atoms with E-state index in [2.05, 4.69) is 13.0 Å². The van der Waals surface area contributed by atoms with Crippen molar-refractivity contribution in [3.63, 3.8) is 0 Å². The van der Waals surface area contributed by atoms with E-state index in [-0.39, 0.29) is 30.6 Å². The molecule has 2 aliphatic carbocycles. The molecule has 0 bridgehead atoms. The third kappa shape index (κ3) is 4.89. The molecule has 136 valence electrons. The number of aliphatic hydroxyl groups excluding tert-OH is 4. The summed E-state index contributed by atoms with van der Waals surface area (Å²) in [6.07, 6.45) is 3.87. The van der Waals surface area contributed by atoms with E-state index in [0.29, 0.717) is 19.3 Å². The van der Waals surface area contributed by atoms with Crippen molar-refractivity contribution in [3.05, 3.63) is 23.8 Å². The van der Waals surface area contributed by atoms with Crippen LogP contribution in [0.5, 0.6) is 0 Å². The summed E-state index contributed by atoms with van der Waals surface area (Å²) < 4.78 is 0. The SMILES string of the molecule is C[C@H]1C=CC2=C[C@@H](O)C[C@@H](O)[C@@H]2[C@H]1CC[C@H](O)C[C@H](O)CC(=O)O. The van der Waals surface area contributed by atoms with Gasteiger partial charge in [0.2, 0.25) is 0 Å². The molecule has 0 aliphatic heterocycles. The number of rotatable bonds is 7. The van der Waals surface area contributed by atoms with Gasteiger partial charge in [-0.15, -0.1) is 0 Å². The number of aliphatic hydroxyl groups is 4. The molecule has 0 heterocycles. The highest BCUT2D eigenvalue weighted by molar-refractivity contribution is 5.67. The van der Waals surface area contributed by atoms with E-state index in [1.165, 1.54) is 0 Å². The Balaban J connectivity index is 1.94. The smallest absolute Gasteiger partial charge is 0.305 e. The van der Waals surface area contributed by atoms with Crippen LogP contribution >= 0.6 is 0 Å². The van der Waals surface area contributed by atoms with Crippen molar-refractivity contribution in [2.75, 3.05) is 0 Å². The summed E-state index contributed by atoms with van der Waals surface area (Å²) in [6, 6.07) is 0. The second-order valence-corrected chi connectivity index (χ2v) is 7.16. The van der Waals surface area contributed by atoms with Gasteiger partial charge in [-0.25, -0.2) is 0 Å². The van der Waals surface area contributed by atoms with Gasteiger partial charge in [0.25, 0.3) is 0 Å². The number of fused-ring (bicyclic) bond motifs is 1. The minimum atomic E-state index is -1.08. The van der Waals surface area contributed by atoms with Crippen LogP contribution in [-0.4, -0.2) is 55.9 Å². The Kier molecular flexibility index (Phi) is 6.57. The van der Waals surface area contributed by atoms with Crippen LogP contribution in [0.2, 0.25) is 0 Å². The van der Waals surface area contributed by atoms with Gasteiger partial charge in [-0.1, -0.05) is 25.2 Å². The maximum absolute atomic E-state index is 10.6. The molecule has 0 saturated heterocycles. The third-order valence-corrected chi connectivity index (χ3v) is 5.18. The lowest BCUT2D eigenvalue weighted by Crippen LogP contribution is -2.40. The maximum Gasteiger partial charge on any atom is 0.305 e. The molecular formula is C18H28O6. The molecule has 24 heavy (non-hydrogen) atoms. The lowest BCUT2D eigenvalue weighted by molar-refractivity contribution is -0.139. The molecule has 0 aromatic carbocycles. The van der Waals surface area contributed by atoms with E-state index in [1.807, 2.05) is 6.08 Å². The van der Waals surface area contributed by atoms with E-state index in [1.54, 1.807) is 6.08 Å². The van der Waals surface area contributed by atoms with Gasteiger partial charge < -0.3 is 25.5 Å². The van der Waals surface area contributed by atoms with Crippen LogP contribution in [0.25, 0.3) is 0 Å². The molecule has 2 rings (SSSR count). The summed E-state index contributed by atoms with van der Waals surface area (Å²) in [4.78, 5) is 10.6. The number of allylic oxidation sites excluding steroid dienone is 2. The van der Waals surface area contributed by atoms with E-state index < -0.39 is 30.4 Å². The van der Waals surface area contributed by atoms with Gasteiger partial charge in [-0.05, 0) is 36.7 Å². The first-order valence-corrected chi connectivity index (χ1v) is 8.62. The molecule has 2 aliphatic rings. The molecule has 6 nitrogen and oxygen atoms in total. The monoisotopic (exact) mass is 340 g/mol. The highest BCUT2D eigenvalue weighted by atomic mass is 16.4. The van der Waals surface area contributed by atoms with Crippen LogP contribution in [0, 0.1) is 17.8 Å². The quantitative estimate of drug-likeness (QED) is 0.469. The highest BCUT2D eigenvalue weighted by Gasteiger charge is 2.39. The molecule has 7 atom stereocenters. The fourth-order valence-electron chi connectivity index (χ4n) is 3.99. The van der Waals surface area contributed by atoms with Gasteiger partial charge in [0.1, 0.15) is 0 Å². The summed E-state index contributed by atoms with van der Waals surface area (Å²) in [5, 5.41) is 48.5. The van der Waals surface area contributed by atoms with Crippen molar-refractivity contribution >= 4 is 5.97 Å². The van der Waals surface area contributed by atoms with Crippen molar-refractivity contribution in [3.8, 4) is 0 Å². The number of hydrogen-bond acceptors (Lipinski definition) is 5. The lowest BCUT2D eigenvalue weighted by atomic mass is 9.66. The highest BCUT2D eigenvalue weighted by Crippen LogP contribution is 2.42. The summed E-state index contributed by atoms with van der Waals surface area (Å²) >= 11 is 0. The second-order valence-electron chi connectivity index (χ2n) is 7.16. The van der Waals surface area contributed by atoms with Gasteiger partial charge >= 0.3 is 5.97 Å². The van der Waals surface area contributed by atoms with E-state index in [0.717, 1.165) is 5.57 Å². The first kappa shape index (κ1) is 19.1. The predicted molar refractivity (Wildman–Crippen MR) is 88.1 cm³/mol. The molecule has 0 spiro atoms. The largest absolute Gasteiger partial charge is 0.481 e. The zero-order chi connectivity index (χ0) is 17.9. The Morgan fingerprint density at radius 3 is 2.67 bits per heavy atom. The fraction of sp³-hybridized carbons (Fsp3) is 0.722. The molecule has 0 unspecified atom stereocenters. The van der Waals surface area contributed by atoms with Gasteiger partial charge in [0, 0.05) is 12.3 Å². The minimum absolute atomic E-state index is 0.0396. The molecule has 0 saturated carbocycles. The summed E-state index contributed by atoms with van der Waals surface area (Å²) in [5.74, 6) is -0.743. The molecule has 6 heteroatoms. The maximum atomic E-state index is 10.6. The summed E-state index contributed by atoms with van der Waals surface area (Å²) in [7, 11) is 0. The average Bonchev–Trinajstić information content (AvgIpc) is 2.45.